The monoisotopic (exact) mass is 368 g/mol. The smallest absolute Gasteiger partial charge is 0.275 e. The lowest BCUT2D eigenvalue weighted by Gasteiger charge is -2.27. The Morgan fingerprint density at radius 3 is 2.63 bits per heavy atom. The first-order valence-electron chi connectivity index (χ1n) is 8.60. The van der Waals surface area contributed by atoms with E-state index >= 15 is 0 Å². The van der Waals surface area contributed by atoms with Crippen LogP contribution in [0.25, 0.3) is 0 Å². The summed E-state index contributed by atoms with van der Waals surface area (Å²) in [4.78, 5) is 20.1. The van der Waals surface area contributed by atoms with E-state index < -0.39 is 0 Å². The zero-order chi connectivity index (χ0) is 19.2. The van der Waals surface area contributed by atoms with Crippen molar-refractivity contribution in [2.45, 2.75) is 37.8 Å². The van der Waals surface area contributed by atoms with Gasteiger partial charge in [-0.15, -0.1) is 10.2 Å². The van der Waals surface area contributed by atoms with Crippen LogP contribution in [0.1, 0.15) is 41.9 Å². The standard InChI is InChI=1S/C17H20N8O2/c1-20-17(26)16-13(27-12-4-2-10(19)3-5-12)6-14(24-25-16)23-15-9-21-11(7-18)8-22-15/h6,8-10,12H,2-5,19H2,1H3,(H,20,26)(H,22,23,24). The van der Waals surface area contributed by atoms with Gasteiger partial charge in [-0.1, -0.05) is 0 Å². The maximum Gasteiger partial charge on any atom is 0.275 e. The van der Waals surface area contributed by atoms with E-state index in [2.05, 4.69) is 30.8 Å². The summed E-state index contributed by atoms with van der Waals surface area (Å²) in [6, 6.07) is 3.70. The molecule has 1 aliphatic carbocycles. The number of hydrogen-bond donors (Lipinski definition) is 3. The number of nitrogens with two attached hydrogens (primary N) is 1. The topological polar surface area (TPSA) is 152 Å². The van der Waals surface area contributed by atoms with Crippen molar-refractivity contribution >= 4 is 17.5 Å². The van der Waals surface area contributed by atoms with Crippen molar-refractivity contribution in [2.24, 2.45) is 5.73 Å². The van der Waals surface area contributed by atoms with Crippen molar-refractivity contribution in [2.75, 3.05) is 12.4 Å². The minimum absolute atomic E-state index is 0.0278. The third-order valence-corrected chi connectivity index (χ3v) is 4.24. The minimum atomic E-state index is -0.380. The molecular weight excluding hydrogens is 348 g/mol. The molecule has 10 heteroatoms. The Morgan fingerprint density at radius 2 is 2.00 bits per heavy atom. The van der Waals surface area contributed by atoms with Gasteiger partial charge in [-0.2, -0.15) is 5.26 Å². The average Bonchev–Trinajstić information content (AvgIpc) is 2.70. The Labute approximate surface area is 156 Å². The molecule has 0 saturated heterocycles. The molecule has 27 heavy (non-hydrogen) atoms. The molecule has 0 radical (unpaired) electrons. The number of nitrogens with one attached hydrogen (secondary N) is 2. The molecule has 2 heterocycles. The van der Waals surface area contributed by atoms with Crippen molar-refractivity contribution in [1.82, 2.24) is 25.5 Å². The van der Waals surface area contributed by atoms with Crippen LogP contribution in [0, 0.1) is 11.3 Å². The zero-order valence-corrected chi connectivity index (χ0v) is 14.8. The van der Waals surface area contributed by atoms with Crippen LogP contribution < -0.4 is 21.1 Å². The highest BCUT2D eigenvalue weighted by Gasteiger charge is 2.23. The number of carbonyl (C=O) groups excluding carboxylic acids is 1. The van der Waals surface area contributed by atoms with Crippen molar-refractivity contribution in [3.8, 4) is 11.8 Å². The molecular formula is C17H20N8O2. The number of rotatable bonds is 5. The Kier molecular flexibility index (Phi) is 5.73. The first kappa shape index (κ1) is 18.5. The quantitative estimate of drug-likeness (QED) is 0.698. The number of aromatic nitrogens is 4. The van der Waals surface area contributed by atoms with Crippen LogP contribution in [-0.4, -0.2) is 45.3 Å². The second-order valence-corrected chi connectivity index (χ2v) is 6.20. The maximum absolute atomic E-state index is 12.1. The lowest BCUT2D eigenvalue weighted by Crippen LogP contribution is -2.32. The molecule has 0 spiro atoms. The van der Waals surface area contributed by atoms with Gasteiger partial charge < -0.3 is 21.1 Å². The highest BCUT2D eigenvalue weighted by molar-refractivity contribution is 5.94. The van der Waals surface area contributed by atoms with E-state index in [-0.39, 0.29) is 29.4 Å². The summed E-state index contributed by atoms with van der Waals surface area (Å²) in [5.74, 6) is 0.707. The van der Waals surface area contributed by atoms with Gasteiger partial charge in [-0.05, 0) is 25.7 Å². The molecule has 1 fully saturated rings. The third-order valence-electron chi connectivity index (χ3n) is 4.24. The molecule has 1 saturated carbocycles. The molecule has 1 aliphatic rings. The average molecular weight is 368 g/mol. The van der Waals surface area contributed by atoms with E-state index in [1.165, 1.54) is 19.4 Å². The fraction of sp³-hybridized carbons (Fsp3) is 0.412. The number of amides is 1. The van der Waals surface area contributed by atoms with Gasteiger partial charge >= 0.3 is 0 Å². The summed E-state index contributed by atoms with van der Waals surface area (Å²) in [6.07, 6.45) is 6.13. The molecule has 4 N–H and O–H groups in total. The molecule has 0 aliphatic heterocycles. The maximum atomic E-state index is 12.1. The Morgan fingerprint density at radius 1 is 1.22 bits per heavy atom. The van der Waals surface area contributed by atoms with Crippen LogP contribution in [0.2, 0.25) is 0 Å². The highest BCUT2D eigenvalue weighted by atomic mass is 16.5. The van der Waals surface area contributed by atoms with E-state index in [4.69, 9.17) is 15.7 Å². The van der Waals surface area contributed by atoms with Gasteiger partial charge in [0, 0.05) is 19.2 Å². The van der Waals surface area contributed by atoms with Crippen molar-refractivity contribution in [3.63, 3.8) is 0 Å². The lowest BCUT2D eigenvalue weighted by atomic mass is 9.94. The molecule has 0 unspecified atom stereocenters. The SMILES string of the molecule is CNC(=O)c1nnc(Nc2cnc(C#N)cn2)cc1OC1CCC(N)CC1. The van der Waals surface area contributed by atoms with Gasteiger partial charge in [0.25, 0.3) is 5.91 Å². The summed E-state index contributed by atoms with van der Waals surface area (Å²) in [6.45, 7) is 0. The van der Waals surface area contributed by atoms with Gasteiger partial charge in [-0.25, -0.2) is 9.97 Å². The van der Waals surface area contributed by atoms with Crippen LogP contribution in [0.4, 0.5) is 11.6 Å². The molecule has 2 aromatic rings. The molecule has 0 bridgehead atoms. The van der Waals surface area contributed by atoms with Crippen molar-refractivity contribution in [1.29, 1.82) is 5.26 Å². The molecule has 0 atom stereocenters. The van der Waals surface area contributed by atoms with Crippen molar-refractivity contribution < 1.29 is 9.53 Å². The van der Waals surface area contributed by atoms with E-state index in [1.807, 2.05) is 6.07 Å². The first-order chi connectivity index (χ1) is 13.1. The van der Waals surface area contributed by atoms with Gasteiger partial charge in [0.15, 0.2) is 23.0 Å². The third kappa shape index (κ3) is 4.65. The summed E-state index contributed by atoms with van der Waals surface area (Å²) >= 11 is 0. The second-order valence-electron chi connectivity index (χ2n) is 6.20. The van der Waals surface area contributed by atoms with Crippen LogP contribution in [0.15, 0.2) is 18.5 Å². The van der Waals surface area contributed by atoms with Gasteiger partial charge in [0.1, 0.15) is 11.9 Å². The summed E-state index contributed by atoms with van der Waals surface area (Å²) in [5.41, 5.74) is 6.26. The number of hydrogen-bond acceptors (Lipinski definition) is 9. The first-order valence-corrected chi connectivity index (χ1v) is 8.60. The second kappa shape index (κ2) is 8.37. The fourth-order valence-corrected chi connectivity index (χ4v) is 2.77. The predicted octanol–water partition coefficient (Wildman–Crippen LogP) is 0.890. The Bertz CT molecular complexity index is 841. The van der Waals surface area contributed by atoms with Crippen LogP contribution in [-0.2, 0) is 0 Å². The van der Waals surface area contributed by atoms with Gasteiger partial charge in [-0.3, -0.25) is 4.79 Å². The van der Waals surface area contributed by atoms with Crippen LogP contribution in [0.5, 0.6) is 5.75 Å². The van der Waals surface area contributed by atoms with E-state index in [1.54, 1.807) is 6.07 Å². The molecule has 10 nitrogen and oxygen atoms in total. The number of nitrogens with zero attached hydrogens (tertiary/aromatic N) is 5. The summed E-state index contributed by atoms with van der Waals surface area (Å²) in [7, 11) is 1.52. The van der Waals surface area contributed by atoms with E-state index in [0.29, 0.717) is 17.4 Å². The van der Waals surface area contributed by atoms with Gasteiger partial charge in [0.2, 0.25) is 0 Å². The Balaban J connectivity index is 1.81. The van der Waals surface area contributed by atoms with Crippen LogP contribution in [0.3, 0.4) is 0 Å². The molecule has 3 rings (SSSR count). The van der Waals surface area contributed by atoms with Crippen LogP contribution >= 0.6 is 0 Å². The molecule has 140 valence electrons. The Hall–Kier alpha value is -3.32. The lowest BCUT2D eigenvalue weighted by molar-refractivity contribution is 0.0942. The van der Waals surface area contributed by atoms with Gasteiger partial charge in [0.05, 0.1) is 18.5 Å². The van der Waals surface area contributed by atoms with E-state index in [9.17, 15) is 4.79 Å². The van der Waals surface area contributed by atoms with Crippen molar-refractivity contribution in [3.05, 3.63) is 29.8 Å². The molecule has 1 amide bonds. The number of anilines is 2. The number of carbonyl (C=O) groups is 1. The molecule has 0 aromatic carbocycles. The zero-order valence-electron chi connectivity index (χ0n) is 14.8. The number of nitriles is 1. The largest absolute Gasteiger partial charge is 0.488 e. The highest BCUT2D eigenvalue weighted by Crippen LogP contribution is 2.27. The van der Waals surface area contributed by atoms with E-state index in [0.717, 1.165) is 25.7 Å². The molecule has 2 aromatic heterocycles. The summed E-state index contributed by atoms with van der Waals surface area (Å²) in [5, 5.41) is 22.2. The predicted molar refractivity (Wildman–Crippen MR) is 96.3 cm³/mol. The minimum Gasteiger partial charge on any atom is -0.488 e. The summed E-state index contributed by atoms with van der Waals surface area (Å²) < 4.78 is 6.03. The number of ether oxygens (including phenoxy) is 1. The normalized spacial score (nSPS) is 19.0. The fourth-order valence-electron chi connectivity index (χ4n) is 2.77.